The van der Waals surface area contributed by atoms with Crippen molar-refractivity contribution in [1.29, 1.82) is 0 Å². The Kier molecular flexibility index (Phi) is 3.46. The van der Waals surface area contributed by atoms with Crippen LogP contribution in [0.4, 0.5) is 4.39 Å². The van der Waals surface area contributed by atoms with Gasteiger partial charge in [-0.3, -0.25) is 10.00 Å². The van der Waals surface area contributed by atoms with Gasteiger partial charge in [0.2, 0.25) is 0 Å². The van der Waals surface area contributed by atoms with Crippen molar-refractivity contribution in [1.82, 2.24) is 15.1 Å². The number of nitrogens with one attached hydrogen (secondary N) is 1. The first-order valence-electron chi connectivity index (χ1n) is 6.42. The second kappa shape index (κ2) is 5.40. The summed E-state index contributed by atoms with van der Waals surface area (Å²) in [6.45, 7) is 2.69. The molecular formula is C14H16FN3O. The zero-order chi connectivity index (χ0) is 13.1. The van der Waals surface area contributed by atoms with E-state index < -0.39 is 0 Å². The van der Waals surface area contributed by atoms with Crippen LogP contribution in [0.25, 0.3) is 0 Å². The van der Waals surface area contributed by atoms with Crippen LogP contribution in [0.2, 0.25) is 0 Å². The van der Waals surface area contributed by atoms with Gasteiger partial charge in [-0.05, 0) is 24.1 Å². The molecule has 0 bridgehead atoms. The summed E-state index contributed by atoms with van der Waals surface area (Å²) in [6, 6.07) is 6.54. The molecular weight excluding hydrogens is 245 g/mol. The van der Waals surface area contributed by atoms with Crippen LogP contribution in [-0.2, 0) is 6.42 Å². The van der Waals surface area contributed by atoms with E-state index in [1.54, 1.807) is 18.2 Å². The molecule has 1 aromatic carbocycles. The van der Waals surface area contributed by atoms with Gasteiger partial charge < -0.3 is 4.74 Å². The Morgan fingerprint density at radius 1 is 1.37 bits per heavy atom. The van der Waals surface area contributed by atoms with Gasteiger partial charge in [-0.25, -0.2) is 4.39 Å². The molecule has 4 nitrogen and oxygen atoms in total. The molecule has 0 amide bonds. The predicted octanol–water partition coefficient (Wildman–Crippen LogP) is 1.85. The lowest BCUT2D eigenvalue weighted by Crippen LogP contribution is -2.54. The summed E-state index contributed by atoms with van der Waals surface area (Å²) in [6.07, 6.45) is 4.82. The number of rotatable bonds is 5. The maximum Gasteiger partial charge on any atom is 0.165 e. The summed E-state index contributed by atoms with van der Waals surface area (Å²) in [5.74, 6) is 0.0568. The fourth-order valence-corrected chi connectivity index (χ4v) is 2.20. The van der Waals surface area contributed by atoms with Crippen LogP contribution in [0.5, 0.6) is 5.75 Å². The fraction of sp³-hybridized carbons (Fsp3) is 0.357. The maximum absolute atomic E-state index is 13.4. The number of hydrogen-bond donors (Lipinski definition) is 1. The third-order valence-corrected chi connectivity index (χ3v) is 3.33. The van der Waals surface area contributed by atoms with E-state index in [2.05, 4.69) is 15.1 Å². The summed E-state index contributed by atoms with van der Waals surface area (Å²) in [7, 11) is 0. The highest BCUT2D eigenvalue weighted by atomic mass is 19.1. The smallest absolute Gasteiger partial charge is 0.165 e. The first-order valence-corrected chi connectivity index (χ1v) is 6.42. The van der Waals surface area contributed by atoms with Crippen molar-refractivity contribution >= 4 is 0 Å². The molecule has 19 heavy (non-hydrogen) atoms. The second-order valence-corrected chi connectivity index (χ2v) is 4.79. The van der Waals surface area contributed by atoms with Gasteiger partial charge in [0, 0.05) is 25.8 Å². The highest BCUT2D eigenvalue weighted by Crippen LogP contribution is 2.21. The number of nitrogens with zero attached hydrogens (tertiary/aromatic N) is 2. The Balaban J connectivity index is 1.42. The topological polar surface area (TPSA) is 41.1 Å². The lowest BCUT2D eigenvalue weighted by Gasteiger charge is -2.38. The Hall–Kier alpha value is -1.88. The number of benzene rings is 1. The molecule has 0 saturated carbocycles. The van der Waals surface area contributed by atoms with Crippen molar-refractivity contribution in [3.8, 4) is 5.75 Å². The van der Waals surface area contributed by atoms with Gasteiger partial charge in [0.25, 0.3) is 0 Å². The normalized spacial score (nSPS) is 16.3. The molecule has 2 aromatic rings. The summed E-state index contributed by atoms with van der Waals surface area (Å²) < 4.78 is 19.0. The van der Waals surface area contributed by atoms with Crippen molar-refractivity contribution in [3.05, 3.63) is 48.0 Å². The first kappa shape index (κ1) is 12.2. The number of hydrogen-bond acceptors (Lipinski definition) is 3. The Morgan fingerprint density at radius 2 is 2.21 bits per heavy atom. The zero-order valence-electron chi connectivity index (χ0n) is 10.6. The predicted molar refractivity (Wildman–Crippen MR) is 69.5 cm³/mol. The van der Waals surface area contributed by atoms with Crippen LogP contribution < -0.4 is 4.74 Å². The molecule has 2 heterocycles. The monoisotopic (exact) mass is 261 g/mol. The fourth-order valence-electron chi connectivity index (χ4n) is 2.20. The molecule has 1 fully saturated rings. The molecule has 1 saturated heterocycles. The number of halogens is 1. The SMILES string of the molecule is Fc1ccccc1OC1CN(CCc2cn[nH]c2)C1. The molecule has 0 unspecified atom stereocenters. The van der Waals surface area contributed by atoms with E-state index in [9.17, 15) is 4.39 Å². The van der Waals surface area contributed by atoms with Gasteiger partial charge in [0.15, 0.2) is 11.6 Å². The Labute approximate surface area is 111 Å². The van der Waals surface area contributed by atoms with E-state index in [-0.39, 0.29) is 11.9 Å². The van der Waals surface area contributed by atoms with Crippen LogP contribution >= 0.6 is 0 Å². The minimum absolute atomic E-state index is 0.0984. The van der Waals surface area contributed by atoms with Gasteiger partial charge in [-0.15, -0.1) is 0 Å². The highest BCUT2D eigenvalue weighted by Gasteiger charge is 2.28. The molecule has 1 N–H and O–H groups in total. The summed E-state index contributed by atoms with van der Waals surface area (Å²) in [4.78, 5) is 2.29. The number of likely N-dealkylation sites (tertiary alicyclic amines) is 1. The van der Waals surface area contributed by atoms with Crippen molar-refractivity contribution in [2.24, 2.45) is 0 Å². The minimum atomic E-state index is -0.292. The van der Waals surface area contributed by atoms with Crippen molar-refractivity contribution in [3.63, 3.8) is 0 Å². The number of aromatic nitrogens is 2. The van der Waals surface area contributed by atoms with E-state index in [0.29, 0.717) is 5.75 Å². The largest absolute Gasteiger partial charge is 0.485 e. The minimum Gasteiger partial charge on any atom is -0.485 e. The van der Waals surface area contributed by atoms with E-state index >= 15 is 0 Å². The third-order valence-electron chi connectivity index (χ3n) is 3.33. The molecule has 3 rings (SSSR count). The van der Waals surface area contributed by atoms with Crippen LogP contribution in [0.1, 0.15) is 5.56 Å². The number of aromatic amines is 1. The lowest BCUT2D eigenvalue weighted by molar-refractivity contribution is 0.0185. The van der Waals surface area contributed by atoms with Gasteiger partial charge >= 0.3 is 0 Å². The molecule has 1 aromatic heterocycles. The molecule has 1 aliphatic rings. The van der Waals surface area contributed by atoms with Crippen molar-refractivity contribution in [2.75, 3.05) is 19.6 Å². The van der Waals surface area contributed by atoms with Crippen LogP contribution in [-0.4, -0.2) is 40.8 Å². The first-order chi connectivity index (χ1) is 9.31. The van der Waals surface area contributed by atoms with E-state index in [1.165, 1.54) is 11.6 Å². The molecule has 0 radical (unpaired) electrons. The number of ether oxygens (including phenoxy) is 1. The van der Waals surface area contributed by atoms with Gasteiger partial charge in [-0.2, -0.15) is 5.10 Å². The van der Waals surface area contributed by atoms with Gasteiger partial charge in [0.1, 0.15) is 6.10 Å². The van der Waals surface area contributed by atoms with Crippen LogP contribution in [0.3, 0.4) is 0 Å². The Morgan fingerprint density at radius 3 is 2.95 bits per heavy atom. The third kappa shape index (κ3) is 2.93. The van der Waals surface area contributed by atoms with E-state index in [4.69, 9.17) is 4.74 Å². The quantitative estimate of drug-likeness (QED) is 0.893. The van der Waals surface area contributed by atoms with Crippen LogP contribution in [0, 0.1) is 5.82 Å². The molecule has 1 aliphatic heterocycles. The molecule has 100 valence electrons. The molecule has 0 atom stereocenters. The Bertz CT molecular complexity index is 523. The van der Waals surface area contributed by atoms with Crippen molar-refractivity contribution in [2.45, 2.75) is 12.5 Å². The van der Waals surface area contributed by atoms with Gasteiger partial charge in [-0.1, -0.05) is 12.1 Å². The maximum atomic E-state index is 13.4. The van der Waals surface area contributed by atoms with E-state index in [1.807, 2.05) is 12.4 Å². The number of H-pyrrole nitrogens is 1. The summed E-state index contributed by atoms with van der Waals surface area (Å²) in [5.41, 5.74) is 1.21. The average Bonchev–Trinajstić information content (AvgIpc) is 2.87. The van der Waals surface area contributed by atoms with Crippen LogP contribution in [0.15, 0.2) is 36.7 Å². The number of para-hydroxylation sites is 1. The molecule has 0 spiro atoms. The molecule has 5 heteroatoms. The molecule has 0 aliphatic carbocycles. The lowest BCUT2D eigenvalue weighted by atomic mass is 10.1. The van der Waals surface area contributed by atoms with E-state index in [0.717, 1.165) is 26.1 Å². The average molecular weight is 261 g/mol. The standard InChI is InChI=1S/C14H16FN3O/c15-13-3-1-2-4-14(13)19-12-9-18(10-12)6-5-11-7-16-17-8-11/h1-4,7-8,12H,5-6,9-10H2,(H,16,17). The van der Waals surface area contributed by atoms with Crippen molar-refractivity contribution < 1.29 is 9.13 Å². The van der Waals surface area contributed by atoms with Gasteiger partial charge in [0.05, 0.1) is 6.20 Å². The second-order valence-electron chi connectivity index (χ2n) is 4.79. The summed E-state index contributed by atoms with van der Waals surface area (Å²) >= 11 is 0. The highest BCUT2D eigenvalue weighted by molar-refractivity contribution is 5.24. The summed E-state index contributed by atoms with van der Waals surface area (Å²) in [5, 5.41) is 6.72. The zero-order valence-corrected chi connectivity index (χ0v) is 10.6.